The minimum atomic E-state index is 0.227. The van der Waals surface area contributed by atoms with Crippen LogP contribution in [0.4, 0.5) is 5.69 Å². The average molecular weight is 316 g/mol. The maximum atomic E-state index is 12.4. The van der Waals surface area contributed by atoms with Gasteiger partial charge in [-0.05, 0) is 53.4 Å². The van der Waals surface area contributed by atoms with Crippen molar-refractivity contribution in [2.24, 2.45) is 0 Å². The monoisotopic (exact) mass is 316 g/mol. The minimum Gasteiger partial charge on any atom is -0.378 e. The number of carbonyl (C=O) groups excluding carboxylic acids is 1. The summed E-state index contributed by atoms with van der Waals surface area (Å²) in [7, 11) is 4.06. The van der Waals surface area contributed by atoms with Gasteiger partial charge >= 0.3 is 0 Å². The number of rotatable bonds is 7. The molecule has 0 unspecified atom stereocenters. The number of thiophene rings is 1. The number of benzene rings is 1. The molecule has 0 aliphatic carbocycles. The normalized spacial score (nSPS) is 10.5. The summed E-state index contributed by atoms with van der Waals surface area (Å²) in [5.41, 5.74) is 3.61. The molecule has 0 saturated carbocycles. The van der Waals surface area contributed by atoms with Crippen molar-refractivity contribution < 1.29 is 4.79 Å². The van der Waals surface area contributed by atoms with E-state index < -0.39 is 0 Å². The van der Waals surface area contributed by atoms with E-state index in [1.807, 2.05) is 25.9 Å². The van der Waals surface area contributed by atoms with Gasteiger partial charge in [-0.3, -0.25) is 4.79 Å². The Morgan fingerprint density at radius 3 is 2.36 bits per heavy atom. The second kappa shape index (κ2) is 7.99. The third kappa shape index (κ3) is 4.60. The van der Waals surface area contributed by atoms with Gasteiger partial charge in [-0.2, -0.15) is 11.3 Å². The van der Waals surface area contributed by atoms with Gasteiger partial charge in [0.05, 0.1) is 0 Å². The second-order valence-corrected chi connectivity index (χ2v) is 6.38. The van der Waals surface area contributed by atoms with Gasteiger partial charge in [0.2, 0.25) is 5.91 Å². The van der Waals surface area contributed by atoms with E-state index in [1.165, 1.54) is 16.8 Å². The van der Waals surface area contributed by atoms with Crippen LogP contribution in [-0.4, -0.2) is 31.4 Å². The van der Waals surface area contributed by atoms with E-state index in [4.69, 9.17) is 0 Å². The fourth-order valence-corrected chi connectivity index (χ4v) is 3.04. The van der Waals surface area contributed by atoms with Crippen molar-refractivity contribution in [3.63, 3.8) is 0 Å². The van der Waals surface area contributed by atoms with E-state index in [-0.39, 0.29) is 5.91 Å². The zero-order chi connectivity index (χ0) is 15.9. The van der Waals surface area contributed by atoms with Crippen LogP contribution in [0.25, 0.3) is 0 Å². The number of hydrogen-bond acceptors (Lipinski definition) is 3. The highest BCUT2D eigenvalue weighted by Crippen LogP contribution is 2.15. The molecule has 0 N–H and O–H groups in total. The molecule has 0 spiro atoms. The maximum absolute atomic E-state index is 12.4. The summed E-state index contributed by atoms with van der Waals surface area (Å²) in [6.45, 7) is 3.47. The molecule has 0 bridgehead atoms. The second-order valence-electron chi connectivity index (χ2n) is 5.60. The Balaban J connectivity index is 1.91. The Labute approximate surface area is 137 Å². The van der Waals surface area contributed by atoms with Crippen molar-refractivity contribution in [1.29, 1.82) is 0 Å². The lowest BCUT2D eigenvalue weighted by Crippen LogP contribution is -2.30. The summed E-state index contributed by atoms with van der Waals surface area (Å²) in [6.07, 6.45) is 1.42. The number of carbonyl (C=O) groups is 1. The van der Waals surface area contributed by atoms with Crippen molar-refractivity contribution in [1.82, 2.24) is 4.90 Å². The van der Waals surface area contributed by atoms with Crippen LogP contribution < -0.4 is 4.90 Å². The van der Waals surface area contributed by atoms with Crippen molar-refractivity contribution in [3.8, 4) is 0 Å². The van der Waals surface area contributed by atoms with Gasteiger partial charge in [-0.1, -0.05) is 12.1 Å². The molecule has 0 fully saturated rings. The third-order valence-corrected chi connectivity index (χ3v) is 4.50. The highest BCUT2D eigenvalue weighted by atomic mass is 32.1. The Hall–Kier alpha value is -1.81. The molecule has 2 aromatic rings. The van der Waals surface area contributed by atoms with Crippen molar-refractivity contribution in [2.45, 2.75) is 26.3 Å². The smallest absolute Gasteiger partial charge is 0.223 e. The van der Waals surface area contributed by atoms with E-state index in [2.05, 4.69) is 46.0 Å². The predicted molar refractivity (Wildman–Crippen MR) is 94.5 cm³/mol. The van der Waals surface area contributed by atoms with Crippen molar-refractivity contribution >= 4 is 22.9 Å². The van der Waals surface area contributed by atoms with E-state index in [1.54, 1.807) is 11.3 Å². The lowest BCUT2D eigenvalue weighted by Gasteiger charge is -2.21. The average Bonchev–Trinajstić information content (AvgIpc) is 3.04. The summed E-state index contributed by atoms with van der Waals surface area (Å²) in [5, 5.41) is 4.17. The van der Waals surface area contributed by atoms with Gasteiger partial charge in [-0.25, -0.2) is 0 Å². The lowest BCUT2D eigenvalue weighted by atomic mass is 10.1. The first-order chi connectivity index (χ1) is 10.6. The maximum Gasteiger partial charge on any atom is 0.223 e. The van der Waals surface area contributed by atoms with Crippen LogP contribution in [0.2, 0.25) is 0 Å². The Kier molecular flexibility index (Phi) is 6.01. The van der Waals surface area contributed by atoms with Crippen LogP contribution in [0.5, 0.6) is 0 Å². The molecule has 4 heteroatoms. The van der Waals surface area contributed by atoms with E-state index in [9.17, 15) is 4.79 Å². The van der Waals surface area contributed by atoms with Gasteiger partial charge in [0.1, 0.15) is 0 Å². The van der Waals surface area contributed by atoms with Crippen molar-refractivity contribution in [2.75, 3.05) is 25.5 Å². The molecule has 0 aliphatic rings. The SMILES string of the molecule is CCN(Cc1ccc(N(C)C)cc1)C(=O)CCc1ccsc1. The van der Waals surface area contributed by atoms with E-state index in [0.29, 0.717) is 13.0 Å². The molecule has 1 aromatic heterocycles. The van der Waals surface area contributed by atoms with Crippen LogP contribution in [0.3, 0.4) is 0 Å². The number of nitrogens with zero attached hydrogens (tertiary/aromatic N) is 2. The molecule has 22 heavy (non-hydrogen) atoms. The molecule has 0 radical (unpaired) electrons. The number of hydrogen-bond donors (Lipinski definition) is 0. The summed E-state index contributed by atoms with van der Waals surface area (Å²) in [4.78, 5) is 16.4. The third-order valence-electron chi connectivity index (χ3n) is 3.77. The molecular weight excluding hydrogens is 292 g/mol. The molecule has 2 rings (SSSR count). The number of anilines is 1. The van der Waals surface area contributed by atoms with Gasteiger partial charge in [0, 0.05) is 39.3 Å². The van der Waals surface area contributed by atoms with Crippen LogP contribution in [0, 0.1) is 0 Å². The molecule has 1 amide bonds. The fourth-order valence-electron chi connectivity index (χ4n) is 2.34. The zero-order valence-corrected chi connectivity index (χ0v) is 14.4. The first-order valence-corrected chi connectivity index (χ1v) is 8.59. The Bertz CT molecular complexity index is 576. The molecule has 0 atom stereocenters. The van der Waals surface area contributed by atoms with Gasteiger partial charge in [0.25, 0.3) is 0 Å². The van der Waals surface area contributed by atoms with Gasteiger partial charge in [-0.15, -0.1) is 0 Å². The highest BCUT2D eigenvalue weighted by molar-refractivity contribution is 7.07. The molecule has 1 aromatic carbocycles. The molecule has 0 aliphatic heterocycles. The first-order valence-electron chi connectivity index (χ1n) is 7.65. The summed E-state index contributed by atoms with van der Waals surface area (Å²) in [5.74, 6) is 0.227. The van der Waals surface area contributed by atoms with Gasteiger partial charge in [0.15, 0.2) is 0 Å². The lowest BCUT2D eigenvalue weighted by molar-refractivity contribution is -0.131. The zero-order valence-electron chi connectivity index (χ0n) is 13.6. The minimum absolute atomic E-state index is 0.227. The van der Waals surface area contributed by atoms with E-state index in [0.717, 1.165) is 13.0 Å². The topological polar surface area (TPSA) is 23.6 Å². The van der Waals surface area contributed by atoms with Crippen molar-refractivity contribution in [3.05, 3.63) is 52.2 Å². The first kappa shape index (κ1) is 16.6. The van der Waals surface area contributed by atoms with Crippen LogP contribution in [0.15, 0.2) is 41.1 Å². The molecule has 0 saturated heterocycles. The fraction of sp³-hybridized carbons (Fsp3) is 0.389. The molecule has 1 heterocycles. The standard InChI is InChI=1S/C18H24N2OS/c1-4-20(18(21)10-7-16-11-12-22-14-16)13-15-5-8-17(9-6-15)19(2)3/h5-6,8-9,11-12,14H,4,7,10,13H2,1-3H3. The predicted octanol–water partition coefficient (Wildman–Crippen LogP) is 3.80. The van der Waals surface area contributed by atoms with E-state index >= 15 is 0 Å². The highest BCUT2D eigenvalue weighted by Gasteiger charge is 2.12. The van der Waals surface area contributed by atoms with Crippen LogP contribution >= 0.6 is 11.3 Å². The number of aryl methyl sites for hydroxylation is 1. The van der Waals surface area contributed by atoms with Crippen LogP contribution in [0.1, 0.15) is 24.5 Å². The summed E-state index contributed by atoms with van der Waals surface area (Å²) < 4.78 is 0. The summed E-state index contributed by atoms with van der Waals surface area (Å²) in [6, 6.07) is 10.5. The molecular formula is C18H24N2OS. The molecule has 3 nitrogen and oxygen atoms in total. The number of amides is 1. The Morgan fingerprint density at radius 2 is 1.82 bits per heavy atom. The summed E-state index contributed by atoms with van der Waals surface area (Å²) >= 11 is 1.68. The van der Waals surface area contributed by atoms with Crippen LogP contribution in [-0.2, 0) is 17.8 Å². The molecule has 118 valence electrons. The Morgan fingerprint density at radius 1 is 1.09 bits per heavy atom. The largest absolute Gasteiger partial charge is 0.378 e. The van der Waals surface area contributed by atoms with Gasteiger partial charge < -0.3 is 9.80 Å². The quantitative estimate of drug-likeness (QED) is 0.776.